The zero-order valence-corrected chi connectivity index (χ0v) is 11.2. The van der Waals surface area contributed by atoms with Crippen LogP contribution in [0.15, 0.2) is 34.9 Å². The molecule has 0 radical (unpaired) electrons. The smallest absolute Gasteiger partial charge is 0.146 e. The van der Waals surface area contributed by atoms with E-state index in [0.717, 1.165) is 15.6 Å². The molecule has 1 N–H and O–H groups in total. The molecule has 0 atom stereocenters. The van der Waals surface area contributed by atoms with Gasteiger partial charge in [-0.1, -0.05) is 12.1 Å². The summed E-state index contributed by atoms with van der Waals surface area (Å²) in [4.78, 5) is 4.23. The number of aryl methyl sites for hydroxylation is 2. The minimum absolute atomic E-state index is 0.278. The van der Waals surface area contributed by atoms with Crippen LogP contribution in [-0.4, -0.2) is 4.98 Å². The molecule has 88 valence electrons. The third-order valence-electron chi connectivity index (χ3n) is 2.44. The van der Waals surface area contributed by atoms with Crippen molar-refractivity contribution in [1.82, 2.24) is 4.98 Å². The first-order valence-electron chi connectivity index (χ1n) is 5.22. The average molecular weight is 295 g/mol. The van der Waals surface area contributed by atoms with Crippen molar-refractivity contribution in [2.75, 3.05) is 5.32 Å². The van der Waals surface area contributed by atoms with Crippen LogP contribution in [0.3, 0.4) is 0 Å². The summed E-state index contributed by atoms with van der Waals surface area (Å²) in [6.45, 7) is 3.81. The second-order valence-corrected chi connectivity index (χ2v) is 4.75. The van der Waals surface area contributed by atoms with Crippen molar-refractivity contribution in [2.24, 2.45) is 0 Å². The lowest BCUT2D eigenvalue weighted by Crippen LogP contribution is -1.99. The van der Waals surface area contributed by atoms with Crippen LogP contribution in [0.2, 0.25) is 0 Å². The normalized spacial score (nSPS) is 10.4. The van der Waals surface area contributed by atoms with E-state index in [1.807, 2.05) is 26.0 Å². The highest BCUT2D eigenvalue weighted by atomic mass is 79.9. The summed E-state index contributed by atoms with van der Waals surface area (Å²) >= 11 is 3.41. The fourth-order valence-electron chi connectivity index (χ4n) is 1.53. The Bertz CT molecular complexity index is 535. The van der Waals surface area contributed by atoms with Crippen LogP contribution in [0.4, 0.5) is 15.9 Å². The Kier molecular flexibility index (Phi) is 3.43. The van der Waals surface area contributed by atoms with Crippen molar-refractivity contribution in [3.63, 3.8) is 0 Å². The monoisotopic (exact) mass is 294 g/mol. The molecule has 0 aliphatic rings. The lowest BCUT2D eigenvalue weighted by Gasteiger charge is -2.11. The Balaban J connectivity index is 2.38. The summed E-state index contributed by atoms with van der Waals surface area (Å²) in [5.41, 5.74) is 2.36. The first-order chi connectivity index (χ1) is 8.08. The fourth-order valence-corrected chi connectivity index (χ4v) is 2.10. The zero-order chi connectivity index (χ0) is 12.4. The number of nitrogens with one attached hydrogen (secondary N) is 1. The number of hydrogen-bond acceptors (Lipinski definition) is 2. The van der Waals surface area contributed by atoms with Crippen molar-refractivity contribution in [3.8, 4) is 0 Å². The maximum absolute atomic E-state index is 13.6. The molecule has 0 aliphatic heterocycles. The summed E-state index contributed by atoms with van der Waals surface area (Å²) in [6, 6.07) is 6.91. The van der Waals surface area contributed by atoms with E-state index in [-0.39, 0.29) is 5.82 Å². The van der Waals surface area contributed by atoms with Crippen LogP contribution < -0.4 is 5.32 Å². The van der Waals surface area contributed by atoms with Gasteiger partial charge < -0.3 is 5.32 Å². The average Bonchev–Trinajstić information content (AvgIpc) is 2.26. The maximum atomic E-state index is 13.6. The summed E-state index contributed by atoms with van der Waals surface area (Å²) in [5.74, 6) is 0.336. The second kappa shape index (κ2) is 4.84. The Labute approximate surface area is 108 Å². The summed E-state index contributed by atoms with van der Waals surface area (Å²) in [7, 11) is 0. The molecule has 0 saturated carbocycles. The molecule has 0 saturated heterocycles. The predicted molar refractivity (Wildman–Crippen MR) is 71.1 cm³/mol. The van der Waals surface area contributed by atoms with E-state index < -0.39 is 0 Å². The number of benzene rings is 1. The molecular weight excluding hydrogens is 283 g/mol. The van der Waals surface area contributed by atoms with Gasteiger partial charge in [-0.2, -0.15) is 0 Å². The van der Waals surface area contributed by atoms with E-state index in [1.54, 1.807) is 12.3 Å². The molecule has 0 aliphatic carbocycles. The van der Waals surface area contributed by atoms with Crippen LogP contribution in [0.5, 0.6) is 0 Å². The van der Waals surface area contributed by atoms with Gasteiger partial charge >= 0.3 is 0 Å². The number of para-hydroxylation sites is 1. The summed E-state index contributed by atoms with van der Waals surface area (Å²) in [6.07, 6.45) is 1.74. The topological polar surface area (TPSA) is 24.9 Å². The lowest BCUT2D eigenvalue weighted by molar-refractivity contribution is 0.630. The van der Waals surface area contributed by atoms with Crippen LogP contribution in [0.1, 0.15) is 11.1 Å². The quantitative estimate of drug-likeness (QED) is 0.891. The van der Waals surface area contributed by atoms with Gasteiger partial charge in [-0.05, 0) is 53.0 Å². The van der Waals surface area contributed by atoms with E-state index in [2.05, 4.69) is 26.2 Å². The number of nitrogens with zero attached hydrogens (tertiary/aromatic N) is 1. The molecule has 1 aromatic heterocycles. The van der Waals surface area contributed by atoms with Crippen LogP contribution in [-0.2, 0) is 0 Å². The fraction of sp³-hybridized carbons (Fsp3) is 0.154. The highest BCUT2D eigenvalue weighted by Crippen LogP contribution is 2.27. The molecule has 0 bridgehead atoms. The van der Waals surface area contributed by atoms with E-state index in [9.17, 15) is 4.39 Å². The molecule has 0 amide bonds. The van der Waals surface area contributed by atoms with Gasteiger partial charge in [0.2, 0.25) is 0 Å². The van der Waals surface area contributed by atoms with E-state index in [0.29, 0.717) is 11.5 Å². The van der Waals surface area contributed by atoms with Gasteiger partial charge in [0.1, 0.15) is 11.6 Å². The Hall–Kier alpha value is -1.42. The third kappa shape index (κ3) is 2.64. The van der Waals surface area contributed by atoms with Crippen molar-refractivity contribution in [2.45, 2.75) is 13.8 Å². The molecule has 0 spiro atoms. The highest BCUT2D eigenvalue weighted by molar-refractivity contribution is 9.10. The Morgan fingerprint density at radius 1 is 1.29 bits per heavy atom. The van der Waals surface area contributed by atoms with Crippen LogP contribution in [0.25, 0.3) is 0 Å². The van der Waals surface area contributed by atoms with Crippen LogP contribution in [0, 0.1) is 19.7 Å². The Morgan fingerprint density at radius 3 is 2.71 bits per heavy atom. The van der Waals surface area contributed by atoms with Gasteiger partial charge in [-0.15, -0.1) is 0 Å². The number of rotatable bonds is 2. The van der Waals surface area contributed by atoms with Crippen molar-refractivity contribution < 1.29 is 4.39 Å². The largest absolute Gasteiger partial charge is 0.337 e. The first kappa shape index (κ1) is 12.0. The number of hydrogen-bond donors (Lipinski definition) is 1. The Morgan fingerprint density at radius 2 is 2.06 bits per heavy atom. The van der Waals surface area contributed by atoms with Gasteiger partial charge in [0.15, 0.2) is 0 Å². The molecule has 2 aromatic rings. The molecule has 0 fully saturated rings. The number of aromatic nitrogens is 1. The molecule has 2 nitrogen and oxygen atoms in total. The standard InChI is InChI=1S/C13H12BrFN2/c1-8-6-10(14)13(16-7-8)17-12-9(2)4-3-5-11(12)15/h3-7H,1-2H3,(H,16,17). The van der Waals surface area contributed by atoms with E-state index in [4.69, 9.17) is 0 Å². The van der Waals surface area contributed by atoms with Gasteiger partial charge in [-0.3, -0.25) is 0 Å². The third-order valence-corrected chi connectivity index (χ3v) is 3.05. The molecule has 17 heavy (non-hydrogen) atoms. The summed E-state index contributed by atoms with van der Waals surface area (Å²) < 4.78 is 14.5. The molecule has 2 rings (SSSR count). The van der Waals surface area contributed by atoms with Crippen molar-refractivity contribution in [1.29, 1.82) is 0 Å². The molecule has 1 aromatic carbocycles. The zero-order valence-electron chi connectivity index (χ0n) is 9.59. The first-order valence-corrected chi connectivity index (χ1v) is 6.01. The minimum Gasteiger partial charge on any atom is -0.337 e. The highest BCUT2D eigenvalue weighted by Gasteiger charge is 2.08. The number of halogens is 2. The minimum atomic E-state index is -0.278. The van der Waals surface area contributed by atoms with Gasteiger partial charge in [0.05, 0.1) is 10.2 Å². The van der Waals surface area contributed by atoms with E-state index in [1.165, 1.54) is 6.07 Å². The van der Waals surface area contributed by atoms with Crippen LogP contribution >= 0.6 is 15.9 Å². The second-order valence-electron chi connectivity index (χ2n) is 3.90. The molecule has 0 unspecified atom stereocenters. The van der Waals surface area contributed by atoms with E-state index >= 15 is 0 Å². The number of pyridine rings is 1. The van der Waals surface area contributed by atoms with Crippen molar-refractivity contribution in [3.05, 3.63) is 51.9 Å². The molecular formula is C13H12BrFN2. The maximum Gasteiger partial charge on any atom is 0.146 e. The number of anilines is 2. The van der Waals surface area contributed by atoms with Crippen molar-refractivity contribution >= 4 is 27.4 Å². The lowest BCUT2D eigenvalue weighted by atomic mass is 10.2. The molecule has 1 heterocycles. The van der Waals surface area contributed by atoms with Gasteiger partial charge in [0, 0.05) is 6.20 Å². The predicted octanol–water partition coefficient (Wildman–Crippen LogP) is 4.34. The van der Waals surface area contributed by atoms with Gasteiger partial charge in [-0.25, -0.2) is 9.37 Å². The summed E-state index contributed by atoms with van der Waals surface area (Å²) in [5, 5.41) is 3.00. The van der Waals surface area contributed by atoms with Gasteiger partial charge in [0.25, 0.3) is 0 Å². The SMILES string of the molecule is Cc1cnc(Nc2c(C)cccc2F)c(Br)c1. The molecule has 4 heteroatoms.